The highest BCUT2D eigenvalue weighted by atomic mass is 19.1. The van der Waals surface area contributed by atoms with Crippen molar-refractivity contribution in [2.75, 3.05) is 25.5 Å². The number of aromatic nitrogens is 7. The smallest absolute Gasteiger partial charge is 0.228 e. The Hall–Kier alpha value is -4.25. The summed E-state index contributed by atoms with van der Waals surface area (Å²) >= 11 is 0. The Morgan fingerprint density at radius 1 is 0.972 bits per heavy atom. The fraction of sp³-hybridized carbons (Fsp3) is 0.240. The van der Waals surface area contributed by atoms with E-state index in [4.69, 9.17) is 0 Å². The topological polar surface area (TPSA) is 89.6 Å². The Morgan fingerprint density at radius 3 is 2.67 bits per heavy atom. The first-order valence-electron chi connectivity index (χ1n) is 11.5. The molecule has 11 heteroatoms. The second-order valence-corrected chi connectivity index (χ2v) is 9.03. The number of hydrogen-bond donors (Lipinski definition) is 1. The summed E-state index contributed by atoms with van der Waals surface area (Å²) in [5.41, 5.74) is 3.64. The van der Waals surface area contributed by atoms with E-state index in [9.17, 15) is 8.78 Å². The Kier molecular flexibility index (Phi) is 5.41. The van der Waals surface area contributed by atoms with Crippen LogP contribution in [0.2, 0.25) is 0 Å². The average Bonchev–Trinajstić information content (AvgIpc) is 3.57. The molecule has 0 aliphatic carbocycles. The fourth-order valence-corrected chi connectivity index (χ4v) is 4.87. The van der Waals surface area contributed by atoms with Crippen LogP contribution in [0.1, 0.15) is 17.5 Å². The third-order valence-corrected chi connectivity index (χ3v) is 6.63. The molecule has 3 aromatic heterocycles. The zero-order valence-corrected chi connectivity index (χ0v) is 19.7. The van der Waals surface area contributed by atoms with Crippen molar-refractivity contribution in [2.24, 2.45) is 7.05 Å². The summed E-state index contributed by atoms with van der Waals surface area (Å²) in [6.45, 7) is 1.32. The van der Waals surface area contributed by atoms with Crippen LogP contribution in [0.4, 0.5) is 20.5 Å². The van der Waals surface area contributed by atoms with Crippen LogP contribution >= 0.6 is 0 Å². The molecule has 36 heavy (non-hydrogen) atoms. The molecule has 0 saturated carbocycles. The van der Waals surface area contributed by atoms with Crippen LogP contribution in [0.5, 0.6) is 0 Å². The number of fused-ring (bicyclic) bond motifs is 1. The molecule has 6 rings (SSSR count). The monoisotopic (exact) mass is 487 g/mol. The number of hydrogen-bond acceptors (Lipinski definition) is 7. The second kappa shape index (κ2) is 8.76. The van der Waals surface area contributed by atoms with Crippen molar-refractivity contribution in [3.63, 3.8) is 0 Å². The summed E-state index contributed by atoms with van der Waals surface area (Å²) in [5, 5.41) is 16.1. The third-order valence-electron chi connectivity index (χ3n) is 6.63. The Morgan fingerprint density at radius 2 is 1.86 bits per heavy atom. The van der Waals surface area contributed by atoms with Gasteiger partial charge in [-0.15, -0.1) is 5.10 Å². The van der Waals surface area contributed by atoms with E-state index in [1.807, 2.05) is 49.1 Å². The first kappa shape index (κ1) is 22.2. The minimum absolute atomic E-state index is 0.139. The van der Waals surface area contributed by atoms with Crippen molar-refractivity contribution in [1.29, 1.82) is 0 Å². The number of nitrogens with one attached hydrogen (secondary N) is 1. The van der Waals surface area contributed by atoms with Gasteiger partial charge in [0.1, 0.15) is 23.0 Å². The first-order valence-corrected chi connectivity index (χ1v) is 11.5. The van der Waals surface area contributed by atoms with E-state index in [-0.39, 0.29) is 12.0 Å². The van der Waals surface area contributed by atoms with Gasteiger partial charge in [0.05, 0.1) is 23.4 Å². The number of likely N-dealkylation sites (N-methyl/N-ethyl adjacent to an activating group) is 1. The van der Waals surface area contributed by atoms with Gasteiger partial charge in [-0.1, -0.05) is 17.3 Å². The molecule has 0 spiro atoms. The zero-order chi connectivity index (χ0) is 24.8. The number of likely N-dealkylation sites (tertiary alicyclic amines) is 1. The van der Waals surface area contributed by atoms with E-state index in [1.165, 1.54) is 12.1 Å². The predicted molar refractivity (Wildman–Crippen MR) is 131 cm³/mol. The van der Waals surface area contributed by atoms with Gasteiger partial charge in [-0.25, -0.2) is 23.4 Å². The molecule has 0 bridgehead atoms. The van der Waals surface area contributed by atoms with Gasteiger partial charge < -0.3 is 10.2 Å². The molecular weight excluding hydrogens is 464 g/mol. The number of halogens is 2. The van der Waals surface area contributed by atoms with Crippen molar-refractivity contribution >= 4 is 22.8 Å². The molecule has 9 nitrogen and oxygen atoms in total. The van der Waals surface area contributed by atoms with Crippen molar-refractivity contribution in [3.05, 3.63) is 78.1 Å². The normalized spacial score (nSPS) is 18.2. The SMILES string of the molecule is CN1CC(n2nnc3cc(-c4ccnc(Nc5ccnn5C)n4)ccc32)[C@H](c2ccc(F)cc2F)C1. The van der Waals surface area contributed by atoms with E-state index in [1.54, 1.807) is 17.1 Å². The number of nitrogens with zero attached hydrogens (tertiary/aromatic N) is 8. The summed E-state index contributed by atoms with van der Waals surface area (Å²) in [6, 6.07) is 13.2. The molecule has 4 heterocycles. The lowest BCUT2D eigenvalue weighted by Crippen LogP contribution is -2.19. The van der Waals surface area contributed by atoms with Gasteiger partial charge in [-0.05, 0) is 36.9 Å². The Balaban J connectivity index is 1.32. The third kappa shape index (κ3) is 3.97. The summed E-state index contributed by atoms with van der Waals surface area (Å²) < 4.78 is 31.7. The van der Waals surface area contributed by atoms with Gasteiger partial charge in [0, 0.05) is 49.9 Å². The van der Waals surface area contributed by atoms with Crippen LogP contribution in [-0.4, -0.2) is 59.8 Å². The molecule has 1 aliphatic heterocycles. The molecule has 0 amide bonds. The van der Waals surface area contributed by atoms with Crippen LogP contribution < -0.4 is 5.32 Å². The number of aryl methyl sites for hydroxylation is 1. The maximum atomic E-state index is 14.6. The van der Waals surface area contributed by atoms with Gasteiger partial charge in [0.25, 0.3) is 0 Å². The second-order valence-electron chi connectivity index (χ2n) is 9.03. The first-order chi connectivity index (χ1) is 17.5. The summed E-state index contributed by atoms with van der Waals surface area (Å²) in [7, 11) is 3.82. The van der Waals surface area contributed by atoms with Crippen molar-refractivity contribution < 1.29 is 8.78 Å². The summed E-state index contributed by atoms with van der Waals surface area (Å²) in [4.78, 5) is 11.1. The average molecular weight is 488 g/mol. The molecule has 1 aliphatic rings. The van der Waals surface area contributed by atoms with Crippen molar-refractivity contribution in [2.45, 2.75) is 12.0 Å². The van der Waals surface area contributed by atoms with Gasteiger partial charge in [-0.2, -0.15) is 5.10 Å². The molecule has 2 atom stereocenters. The van der Waals surface area contributed by atoms with E-state index in [0.29, 0.717) is 30.1 Å². The molecular formula is C25H23F2N9. The molecule has 0 radical (unpaired) electrons. The highest BCUT2D eigenvalue weighted by Crippen LogP contribution is 2.38. The summed E-state index contributed by atoms with van der Waals surface area (Å²) in [5.74, 6) is -0.0625. The quantitative estimate of drug-likeness (QED) is 0.402. The lowest BCUT2D eigenvalue weighted by molar-refractivity contribution is 0.382. The minimum atomic E-state index is -0.582. The maximum absolute atomic E-state index is 14.6. The molecule has 1 saturated heterocycles. The van der Waals surface area contributed by atoms with Crippen molar-refractivity contribution in [3.8, 4) is 11.3 Å². The Labute approximate surface area is 205 Å². The van der Waals surface area contributed by atoms with Gasteiger partial charge >= 0.3 is 0 Å². The predicted octanol–water partition coefficient (Wildman–Crippen LogP) is 3.91. The van der Waals surface area contributed by atoms with Gasteiger partial charge in [0.15, 0.2) is 0 Å². The largest absolute Gasteiger partial charge is 0.309 e. The van der Waals surface area contributed by atoms with Crippen LogP contribution in [0.25, 0.3) is 22.3 Å². The molecule has 1 unspecified atom stereocenters. The molecule has 5 aromatic rings. The zero-order valence-electron chi connectivity index (χ0n) is 19.7. The maximum Gasteiger partial charge on any atom is 0.228 e. The lowest BCUT2D eigenvalue weighted by atomic mass is 9.93. The van der Waals surface area contributed by atoms with Crippen LogP contribution in [0.15, 0.2) is 60.9 Å². The van der Waals surface area contributed by atoms with E-state index >= 15 is 0 Å². The lowest BCUT2D eigenvalue weighted by Gasteiger charge is -2.20. The van der Waals surface area contributed by atoms with Crippen LogP contribution in [-0.2, 0) is 7.05 Å². The van der Waals surface area contributed by atoms with E-state index < -0.39 is 11.6 Å². The molecule has 2 aromatic carbocycles. The van der Waals surface area contributed by atoms with Gasteiger partial charge in [-0.3, -0.25) is 4.68 Å². The standard InChI is InChI=1S/C25H23F2N9/c1-34-13-18(17-5-4-16(26)12-19(17)27)23(14-34)36-22-6-3-15(11-21(22)32-33-36)20-7-9-28-25(30-20)31-24-8-10-29-35(24)2/h3-12,18,23H,13-14H2,1-2H3,(H,28,30,31)/t18-,23?/m0/s1. The number of anilines is 2. The summed E-state index contributed by atoms with van der Waals surface area (Å²) in [6.07, 6.45) is 3.39. The number of benzene rings is 2. The number of rotatable bonds is 5. The minimum Gasteiger partial charge on any atom is -0.309 e. The highest BCUT2D eigenvalue weighted by Gasteiger charge is 2.36. The van der Waals surface area contributed by atoms with Crippen molar-refractivity contribution in [1.82, 2.24) is 39.6 Å². The van der Waals surface area contributed by atoms with E-state index in [0.717, 1.165) is 28.7 Å². The highest BCUT2D eigenvalue weighted by molar-refractivity contribution is 5.81. The van der Waals surface area contributed by atoms with Crippen LogP contribution in [0.3, 0.4) is 0 Å². The van der Waals surface area contributed by atoms with Crippen LogP contribution in [0, 0.1) is 11.6 Å². The van der Waals surface area contributed by atoms with E-state index in [2.05, 4.69) is 35.6 Å². The fourth-order valence-electron chi connectivity index (χ4n) is 4.87. The van der Waals surface area contributed by atoms with Gasteiger partial charge in [0.2, 0.25) is 5.95 Å². The molecule has 1 fully saturated rings. The Bertz CT molecular complexity index is 1560. The molecule has 1 N–H and O–H groups in total. The molecule has 182 valence electrons.